The number of carbonyl (C=O) groups is 2. The summed E-state index contributed by atoms with van der Waals surface area (Å²) in [6.45, 7) is 1.53. The van der Waals surface area contributed by atoms with Gasteiger partial charge in [-0.25, -0.2) is 0 Å². The van der Waals surface area contributed by atoms with Gasteiger partial charge in [0.05, 0.1) is 5.92 Å². The molecule has 0 spiro atoms. The molecule has 3 nitrogen and oxygen atoms in total. The number of hydrogen-bond donors (Lipinski definition) is 0. The molecule has 1 aromatic carbocycles. The Kier molecular flexibility index (Phi) is 5.75. The van der Waals surface area contributed by atoms with E-state index in [4.69, 9.17) is 0 Å². The van der Waals surface area contributed by atoms with Gasteiger partial charge in [-0.2, -0.15) is 0 Å². The minimum Gasteiger partial charge on any atom is -0.299 e. The predicted molar refractivity (Wildman–Crippen MR) is 98.3 cm³/mol. The van der Waals surface area contributed by atoms with Gasteiger partial charge in [0.2, 0.25) is 0 Å². The van der Waals surface area contributed by atoms with Crippen molar-refractivity contribution < 1.29 is 9.59 Å². The zero-order valence-corrected chi connectivity index (χ0v) is 14.7. The highest BCUT2D eigenvalue weighted by Crippen LogP contribution is 2.37. The van der Waals surface area contributed by atoms with Gasteiger partial charge in [-0.1, -0.05) is 36.4 Å². The maximum Gasteiger partial charge on any atom is 0.146 e. The van der Waals surface area contributed by atoms with Crippen LogP contribution in [0.1, 0.15) is 49.8 Å². The molecule has 2 aromatic rings. The molecule has 3 heteroatoms. The Hall–Kier alpha value is -2.29. The quantitative estimate of drug-likeness (QED) is 0.736. The van der Waals surface area contributed by atoms with Gasteiger partial charge in [0.1, 0.15) is 11.6 Å². The molecule has 1 aliphatic carbocycles. The fourth-order valence-corrected chi connectivity index (χ4v) is 3.89. The summed E-state index contributed by atoms with van der Waals surface area (Å²) in [6.07, 6.45) is 5.94. The number of hydrogen-bond acceptors (Lipinski definition) is 3. The Morgan fingerprint density at radius 2 is 1.68 bits per heavy atom. The summed E-state index contributed by atoms with van der Waals surface area (Å²) < 4.78 is 0. The third kappa shape index (κ3) is 4.41. The molecule has 130 valence electrons. The van der Waals surface area contributed by atoms with E-state index in [1.165, 1.54) is 12.5 Å². The van der Waals surface area contributed by atoms with Crippen LogP contribution in [0.4, 0.5) is 0 Å². The number of aromatic nitrogens is 1. The number of rotatable bonds is 6. The molecule has 1 atom stereocenters. The molecule has 25 heavy (non-hydrogen) atoms. The zero-order chi connectivity index (χ0) is 17.6. The van der Waals surface area contributed by atoms with Crippen molar-refractivity contribution in [1.82, 2.24) is 4.98 Å². The highest BCUT2D eigenvalue weighted by atomic mass is 16.1. The van der Waals surface area contributed by atoms with E-state index in [0.29, 0.717) is 12.3 Å². The van der Waals surface area contributed by atoms with Crippen LogP contribution >= 0.6 is 0 Å². The van der Waals surface area contributed by atoms with Crippen molar-refractivity contribution >= 4 is 11.6 Å². The van der Waals surface area contributed by atoms with E-state index < -0.39 is 5.92 Å². The van der Waals surface area contributed by atoms with Gasteiger partial charge in [0.25, 0.3) is 0 Å². The van der Waals surface area contributed by atoms with Gasteiger partial charge < -0.3 is 0 Å². The molecule has 0 aliphatic heterocycles. The molecular weight excluding hydrogens is 310 g/mol. The average Bonchev–Trinajstić information content (AvgIpc) is 2.67. The Morgan fingerprint density at radius 1 is 1.00 bits per heavy atom. The van der Waals surface area contributed by atoms with E-state index in [1.807, 2.05) is 24.3 Å². The third-order valence-electron chi connectivity index (χ3n) is 5.37. The first-order valence-electron chi connectivity index (χ1n) is 9.14. The van der Waals surface area contributed by atoms with Crippen LogP contribution in [-0.4, -0.2) is 16.6 Å². The van der Waals surface area contributed by atoms with Gasteiger partial charge in [-0.15, -0.1) is 0 Å². The minimum absolute atomic E-state index is 0.0116. The van der Waals surface area contributed by atoms with Crippen molar-refractivity contribution in [2.45, 2.75) is 44.9 Å². The maximum absolute atomic E-state index is 12.9. The lowest BCUT2D eigenvalue weighted by molar-refractivity contribution is -0.134. The van der Waals surface area contributed by atoms with Crippen LogP contribution in [-0.2, 0) is 16.0 Å². The Bertz CT molecular complexity index is 703. The van der Waals surface area contributed by atoms with Crippen LogP contribution in [0.3, 0.4) is 0 Å². The van der Waals surface area contributed by atoms with E-state index >= 15 is 0 Å². The van der Waals surface area contributed by atoms with E-state index in [2.05, 4.69) is 29.2 Å². The molecule has 1 unspecified atom stereocenters. The molecule has 3 rings (SSSR count). The third-order valence-corrected chi connectivity index (χ3v) is 5.37. The van der Waals surface area contributed by atoms with Crippen LogP contribution in [0, 0.1) is 11.8 Å². The Labute approximate surface area is 149 Å². The molecule has 0 bridgehead atoms. The first-order valence-corrected chi connectivity index (χ1v) is 9.14. The monoisotopic (exact) mass is 335 g/mol. The topological polar surface area (TPSA) is 47.0 Å². The van der Waals surface area contributed by atoms with Gasteiger partial charge in [0, 0.05) is 24.2 Å². The van der Waals surface area contributed by atoms with Crippen LogP contribution in [0.25, 0.3) is 0 Å². The molecule has 1 fully saturated rings. The van der Waals surface area contributed by atoms with Crippen LogP contribution in [0.2, 0.25) is 0 Å². The van der Waals surface area contributed by atoms with Crippen molar-refractivity contribution in [3.8, 4) is 0 Å². The second-order valence-electron chi connectivity index (χ2n) is 7.05. The number of carbonyl (C=O) groups excluding carboxylic acids is 2. The van der Waals surface area contributed by atoms with E-state index in [-0.39, 0.29) is 17.5 Å². The van der Waals surface area contributed by atoms with Crippen LogP contribution < -0.4 is 0 Å². The fourth-order valence-electron chi connectivity index (χ4n) is 3.89. The Balaban J connectivity index is 1.63. The van der Waals surface area contributed by atoms with E-state index in [9.17, 15) is 9.59 Å². The predicted octanol–water partition coefficient (Wildman–Crippen LogP) is 4.37. The second-order valence-corrected chi connectivity index (χ2v) is 7.05. The molecule has 0 N–H and O–H groups in total. The smallest absolute Gasteiger partial charge is 0.146 e. The first kappa shape index (κ1) is 17.5. The van der Waals surface area contributed by atoms with Crippen molar-refractivity contribution in [2.24, 2.45) is 11.8 Å². The summed E-state index contributed by atoms with van der Waals surface area (Å²) >= 11 is 0. The number of benzene rings is 1. The summed E-state index contributed by atoms with van der Waals surface area (Å²) in [5, 5.41) is 0. The molecule has 0 radical (unpaired) electrons. The standard InChI is InChI=1S/C22H25NO2/c1-16(24)21(15-20-9-5-6-14-23-20)22(25)19-12-10-18(11-13-19)17-7-3-2-4-8-17/h2-9,14,18-19,21H,10-13,15H2,1H3. The lowest BCUT2D eigenvalue weighted by Crippen LogP contribution is -2.32. The molecule has 0 saturated heterocycles. The lowest BCUT2D eigenvalue weighted by atomic mass is 9.74. The SMILES string of the molecule is CC(=O)C(Cc1ccccn1)C(=O)C1CCC(c2ccccc2)CC1. The number of ketones is 2. The zero-order valence-electron chi connectivity index (χ0n) is 14.7. The summed E-state index contributed by atoms with van der Waals surface area (Å²) in [7, 11) is 0. The molecule has 1 aliphatic rings. The van der Waals surface area contributed by atoms with Crippen molar-refractivity contribution in [1.29, 1.82) is 0 Å². The van der Waals surface area contributed by atoms with Crippen molar-refractivity contribution in [2.75, 3.05) is 0 Å². The maximum atomic E-state index is 12.9. The van der Waals surface area contributed by atoms with Gasteiger partial charge in [-0.05, 0) is 56.2 Å². The number of nitrogens with zero attached hydrogens (tertiary/aromatic N) is 1. The van der Waals surface area contributed by atoms with E-state index in [1.54, 1.807) is 6.20 Å². The molecule has 0 amide bonds. The minimum atomic E-state index is -0.548. The van der Waals surface area contributed by atoms with Crippen LogP contribution in [0.5, 0.6) is 0 Å². The second kappa shape index (κ2) is 8.19. The normalized spacial score (nSPS) is 21.5. The summed E-state index contributed by atoms with van der Waals surface area (Å²) in [6, 6.07) is 16.2. The summed E-state index contributed by atoms with van der Waals surface area (Å²) in [4.78, 5) is 29.3. The molecular formula is C22H25NO2. The Morgan fingerprint density at radius 3 is 2.28 bits per heavy atom. The molecule has 1 saturated carbocycles. The first-order chi connectivity index (χ1) is 12.1. The fraction of sp³-hybridized carbons (Fsp3) is 0.409. The van der Waals surface area contributed by atoms with Gasteiger partial charge in [0.15, 0.2) is 0 Å². The largest absolute Gasteiger partial charge is 0.299 e. The molecule has 1 heterocycles. The highest BCUT2D eigenvalue weighted by Gasteiger charge is 2.33. The van der Waals surface area contributed by atoms with Gasteiger partial charge in [-0.3, -0.25) is 14.6 Å². The summed E-state index contributed by atoms with van der Waals surface area (Å²) in [5.41, 5.74) is 2.18. The summed E-state index contributed by atoms with van der Waals surface area (Å²) in [5.74, 6) is 0.0769. The van der Waals surface area contributed by atoms with Crippen LogP contribution in [0.15, 0.2) is 54.7 Å². The average molecular weight is 335 g/mol. The molecule has 1 aromatic heterocycles. The van der Waals surface area contributed by atoms with E-state index in [0.717, 1.165) is 31.4 Å². The highest BCUT2D eigenvalue weighted by molar-refractivity contribution is 6.02. The van der Waals surface area contributed by atoms with Crippen molar-refractivity contribution in [3.05, 3.63) is 66.0 Å². The van der Waals surface area contributed by atoms with Crippen molar-refractivity contribution in [3.63, 3.8) is 0 Å². The number of pyridine rings is 1. The number of Topliss-reactive ketones (excluding diaryl/α,β-unsaturated/α-hetero) is 2. The van der Waals surface area contributed by atoms with Gasteiger partial charge >= 0.3 is 0 Å². The lowest BCUT2D eigenvalue weighted by Gasteiger charge is -2.29.